The van der Waals surface area contributed by atoms with E-state index in [-0.39, 0.29) is 0 Å². The third-order valence-electron chi connectivity index (χ3n) is 4.12. The second kappa shape index (κ2) is 6.95. The molecular formula is C17H28N2. The summed E-state index contributed by atoms with van der Waals surface area (Å²) in [4.78, 5) is 2.23. The Labute approximate surface area is 118 Å². The van der Waals surface area contributed by atoms with Gasteiger partial charge in [-0.05, 0) is 50.9 Å². The molecule has 0 radical (unpaired) electrons. The van der Waals surface area contributed by atoms with Crippen LogP contribution in [0.5, 0.6) is 0 Å². The van der Waals surface area contributed by atoms with E-state index in [1.807, 2.05) is 0 Å². The molecule has 19 heavy (non-hydrogen) atoms. The van der Waals surface area contributed by atoms with Crippen LogP contribution >= 0.6 is 0 Å². The lowest BCUT2D eigenvalue weighted by molar-refractivity contribution is 0.403. The van der Waals surface area contributed by atoms with Gasteiger partial charge in [0, 0.05) is 18.3 Å². The van der Waals surface area contributed by atoms with Gasteiger partial charge in [-0.15, -0.1) is 0 Å². The number of para-hydroxylation sites is 1. The Morgan fingerprint density at radius 2 is 1.89 bits per heavy atom. The average molecular weight is 260 g/mol. The first-order valence-corrected chi connectivity index (χ1v) is 7.64. The second-order valence-electron chi connectivity index (χ2n) is 6.35. The summed E-state index contributed by atoms with van der Waals surface area (Å²) in [6.07, 6.45) is 6.78. The zero-order valence-electron chi connectivity index (χ0n) is 12.7. The normalized spacial score (nSPS) is 24.2. The molecule has 2 unspecified atom stereocenters. The van der Waals surface area contributed by atoms with E-state index in [0.29, 0.717) is 6.04 Å². The van der Waals surface area contributed by atoms with E-state index in [0.717, 1.165) is 12.5 Å². The SMILES string of the molecule is CC1CCCC(Nc2ccccc2CN(C)C)CC1. The molecule has 0 bridgehead atoms. The van der Waals surface area contributed by atoms with Crippen molar-refractivity contribution in [1.29, 1.82) is 0 Å². The number of rotatable bonds is 4. The number of benzene rings is 1. The Morgan fingerprint density at radius 1 is 1.11 bits per heavy atom. The predicted octanol–water partition coefficient (Wildman–Crippen LogP) is 4.13. The molecule has 0 spiro atoms. The number of hydrogen-bond donors (Lipinski definition) is 1. The summed E-state index contributed by atoms with van der Waals surface area (Å²) in [6, 6.07) is 9.41. The molecular weight excluding hydrogens is 232 g/mol. The standard InChI is InChI=1S/C17H28N2/c1-14-7-6-9-16(12-11-14)18-17-10-5-4-8-15(17)13-19(2)3/h4-5,8,10,14,16,18H,6-7,9,11-13H2,1-3H3. The lowest BCUT2D eigenvalue weighted by atomic mass is 10.0. The monoisotopic (exact) mass is 260 g/mol. The molecule has 0 heterocycles. The van der Waals surface area contributed by atoms with Gasteiger partial charge in [-0.3, -0.25) is 0 Å². The topological polar surface area (TPSA) is 15.3 Å². The van der Waals surface area contributed by atoms with Crippen molar-refractivity contribution in [2.75, 3.05) is 19.4 Å². The molecule has 1 aliphatic rings. The van der Waals surface area contributed by atoms with Crippen LogP contribution in [0.4, 0.5) is 5.69 Å². The molecule has 0 saturated heterocycles. The van der Waals surface area contributed by atoms with E-state index < -0.39 is 0 Å². The van der Waals surface area contributed by atoms with Crippen LogP contribution in [-0.4, -0.2) is 25.0 Å². The van der Waals surface area contributed by atoms with E-state index in [2.05, 4.69) is 55.5 Å². The smallest absolute Gasteiger partial charge is 0.0388 e. The van der Waals surface area contributed by atoms with Crippen molar-refractivity contribution >= 4 is 5.69 Å². The lowest BCUT2D eigenvalue weighted by Gasteiger charge is -2.21. The number of hydrogen-bond acceptors (Lipinski definition) is 2. The maximum atomic E-state index is 3.79. The predicted molar refractivity (Wildman–Crippen MR) is 83.5 cm³/mol. The van der Waals surface area contributed by atoms with Crippen LogP contribution < -0.4 is 5.32 Å². The molecule has 1 aromatic rings. The summed E-state index contributed by atoms with van der Waals surface area (Å²) in [6.45, 7) is 3.40. The van der Waals surface area contributed by atoms with Crippen molar-refractivity contribution < 1.29 is 0 Å². The first-order chi connectivity index (χ1) is 9.15. The first-order valence-electron chi connectivity index (χ1n) is 7.64. The Morgan fingerprint density at radius 3 is 2.68 bits per heavy atom. The van der Waals surface area contributed by atoms with Gasteiger partial charge in [0.05, 0.1) is 0 Å². The highest BCUT2D eigenvalue weighted by atomic mass is 15.1. The molecule has 1 saturated carbocycles. The highest BCUT2D eigenvalue weighted by Crippen LogP contribution is 2.26. The second-order valence-corrected chi connectivity index (χ2v) is 6.35. The summed E-state index contributed by atoms with van der Waals surface area (Å²) in [5.74, 6) is 0.906. The molecule has 2 heteroatoms. The summed E-state index contributed by atoms with van der Waals surface area (Å²) < 4.78 is 0. The van der Waals surface area contributed by atoms with Crippen molar-refractivity contribution in [3.05, 3.63) is 29.8 Å². The number of nitrogens with zero attached hydrogens (tertiary/aromatic N) is 1. The average Bonchev–Trinajstić information content (AvgIpc) is 2.56. The minimum atomic E-state index is 0.660. The lowest BCUT2D eigenvalue weighted by Crippen LogP contribution is -2.20. The van der Waals surface area contributed by atoms with Gasteiger partial charge in [0.2, 0.25) is 0 Å². The molecule has 106 valence electrons. The maximum Gasteiger partial charge on any atom is 0.0388 e. The summed E-state index contributed by atoms with van der Waals surface area (Å²) in [5, 5.41) is 3.79. The Kier molecular flexibility index (Phi) is 5.26. The fraction of sp³-hybridized carbons (Fsp3) is 0.647. The van der Waals surface area contributed by atoms with Crippen LogP contribution in [0.15, 0.2) is 24.3 Å². The first kappa shape index (κ1) is 14.4. The van der Waals surface area contributed by atoms with E-state index in [4.69, 9.17) is 0 Å². The molecule has 2 rings (SSSR count). The quantitative estimate of drug-likeness (QED) is 0.819. The molecule has 0 aromatic heterocycles. The highest BCUT2D eigenvalue weighted by Gasteiger charge is 2.16. The van der Waals surface area contributed by atoms with E-state index in [1.54, 1.807) is 0 Å². The highest BCUT2D eigenvalue weighted by molar-refractivity contribution is 5.51. The summed E-state index contributed by atoms with van der Waals surface area (Å²) in [7, 11) is 4.26. The molecule has 1 N–H and O–H groups in total. The maximum absolute atomic E-state index is 3.79. The molecule has 1 fully saturated rings. The van der Waals surface area contributed by atoms with Gasteiger partial charge < -0.3 is 10.2 Å². The third-order valence-corrected chi connectivity index (χ3v) is 4.12. The molecule has 2 nitrogen and oxygen atoms in total. The molecule has 1 aromatic carbocycles. The minimum Gasteiger partial charge on any atom is -0.382 e. The third kappa shape index (κ3) is 4.54. The van der Waals surface area contributed by atoms with Crippen LogP contribution in [0.3, 0.4) is 0 Å². The van der Waals surface area contributed by atoms with Gasteiger partial charge in [0.1, 0.15) is 0 Å². The van der Waals surface area contributed by atoms with Gasteiger partial charge in [-0.25, -0.2) is 0 Å². The largest absolute Gasteiger partial charge is 0.382 e. The van der Waals surface area contributed by atoms with Gasteiger partial charge in [0.15, 0.2) is 0 Å². The van der Waals surface area contributed by atoms with Crippen LogP contribution in [0.2, 0.25) is 0 Å². The molecule has 2 atom stereocenters. The van der Waals surface area contributed by atoms with Gasteiger partial charge in [0.25, 0.3) is 0 Å². The van der Waals surface area contributed by atoms with Crippen LogP contribution in [0.1, 0.15) is 44.6 Å². The minimum absolute atomic E-state index is 0.660. The van der Waals surface area contributed by atoms with E-state index >= 15 is 0 Å². The van der Waals surface area contributed by atoms with Crippen LogP contribution in [0, 0.1) is 5.92 Å². The van der Waals surface area contributed by atoms with Gasteiger partial charge >= 0.3 is 0 Å². The molecule has 1 aliphatic carbocycles. The van der Waals surface area contributed by atoms with E-state index in [9.17, 15) is 0 Å². The van der Waals surface area contributed by atoms with Crippen molar-refractivity contribution in [1.82, 2.24) is 4.90 Å². The number of anilines is 1. The van der Waals surface area contributed by atoms with Crippen molar-refractivity contribution in [3.63, 3.8) is 0 Å². The fourth-order valence-electron chi connectivity index (χ4n) is 2.99. The fourth-order valence-corrected chi connectivity index (χ4v) is 2.99. The number of nitrogens with one attached hydrogen (secondary N) is 1. The van der Waals surface area contributed by atoms with E-state index in [1.165, 1.54) is 43.4 Å². The van der Waals surface area contributed by atoms with Gasteiger partial charge in [-0.2, -0.15) is 0 Å². The summed E-state index contributed by atoms with van der Waals surface area (Å²) in [5.41, 5.74) is 2.74. The van der Waals surface area contributed by atoms with Crippen molar-refractivity contribution in [2.45, 2.75) is 51.6 Å². The molecule has 0 aliphatic heterocycles. The van der Waals surface area contributed by atoms with Crippen LogP contribution in [0.25, 0.3) is 0 Å². The Bertz CT molecular complexity index is 387. The Hall–Kier alpha value is -1.02. The van der Waals surface area contributed by atoms with Crippen molar-refractivity contribution in [2.24, 2.45) is 5.92 Å². The zero-order chi connectivity index (χ0) is 13.7. The Balaban J connectivity index is 2.01. The summed E-state index contributed by atoms with van der Waals surface area (Å²) >= 11 is 0. The zero-order valence-corrected chi connectivity index (χ0v) is 12.7. The molecule has 0 amide bonds. The van der Waals surface area contributed by atoms with Gasteiger partial charge in [-0.1, -0.05) is 38.0 Å². The van der Waals surface area contributed by atoms with Crippen LogP contribution in [-0.2, 0) is 6.54 Å². The van der Waals surface area contributed by atoms with Crippen molar-refractivity contribution in [3.8, 4) is 0 Å².